The van der Waals surface area contributed by atoms with Crippen molar-refractivity contribution in [3.63, 3.8) is 0 Å². The van der Waals surface area contributed by atoms with E-state index >= 15 is 0 Å². The smallest absolute Gasteiger partial charge is 0.410 e. The van der Waals surface area contributed by atoms with Gasteiger partial charge >= 0.3 is 6.09 Å². The van der Waals surface area contributed by atoms with Crippen LogP contribution in [0.3, 0.4) is 0 Å². The van der Waals surface area contributed by atoms with E-state index in [-0.39, 0.29) is 48.6 Å². The Kier molecular flexibility index (Phi) is 11.1. The van der Waals surface area contributed by atoms with E-state index < -0.39 is 13.7 Å². The maximum Gasteiger partial charge on any atom is 0.410 e. The van der Waals surface area contributed by atoms with Crippen LogP contribution in [0.4, 0.5) is 4.79 Å². The Bertz CT molecular complexity index is 1430. The Labute approximate surface area is 270 Å². The van der Waals surface area contributed by atoms with Gasteiger partial charge in [0.15, 0.2) is 11.5 Å². The Morgan fingerprint density at radius 1 is 1.11 bits per heavy atom. The molecule has 2 aliphatic rings. The lowest BCUT2D eigenvalue weighted by atomic mass is 9.80. The van der Waals surface area contributed by atoms with Crippen molar-refractivity contribution >= 4 is 25.5 Å². The Hall–Kier alpha value is -3.22. The van der Waals surface area contributed by atoms with Crippen LogP contribution in [0.2, 0.25) is 25.7 Å². The van der Waals surface area contributed by atoms with Crippen molar-refractivity contribution in [1.29, 1.82) is 5.26 Å². The van der Waals surface area contributed by atoms with Gasteiger partial charge < -0.3 is 18.9 Å². The number of ether oxygens (including phenoxy) is 2. The first kappa shape index (κ1) is 34.6. The van der Waals surface area contributed by atoms with E-state index in [9.17, 15) is 14.9 Å². The second-order valence-corrected chi connectivity index (χ2v) is 20.7. The third-order valence-corrected chi connectivity index (χ3v) is 10.5. The van der Waals surface area contributed by atoms with Crippen LogP contribution in [0, 0.1) is 11.3 Å². The number of imidazole rings is 1. The van der Waals surface area contributed by atoms with Crippen LogP contribution in [0.15, 0.2) is 30.5 Å². The molecule has 0 bridgehead atoms. The summed E-state index contributed by atoms with van der Waals surface area (Å²) >= 11 is 0. The highest BCUT2D eigenvalue weighted by molar-refractivity contribution is 6.76. The summed E-state index contributed by atoms with van der Waals surface area (Å²) in [6.07, 6.45) is 9.95. The zero-order valence-corrected chi connectivity index (χ0v) is 29.6. The number of allylic oxidation sites excluding steroid dienone is 2. The van der Waals surface area contributed by atoms with Crippen molar-refractivity contribution in [1.82, 2.24) is 14.5 Å². The lowest BCUT2D eigenvalue weighted by Crippen LogP contribution is -2.51. The molecule has 2 aromatic rings. The number of hydrogen-bond donors (Lipinski definition) is 0. The van der Waals surface area contributed by atoms with Crippen LogP contribution in [-0.2, 0) is 22.6 Å². The lowest BCUT2D eigenvalue weighted by molar-refractivity contribution is -0.00256. The molecule has 1 aliphatic heterocycles. The van der Waals surface area contributed by atoms with Gasteiger partial charge in [0.25, 0.3) is 0 Å². The first-order valence-corrected chi connectivity index (χ1v) is 20.3. The zero-order valence-electron chi connectivity index (χ0n) is 28.6. The molecular weight excluding hydrogens is 581 g/mol. The number of Topliss-reactive ketones (excluding diaryl/α,β-unsaturated/α-hetero) is 1. The summed E-state index contributed by atoms with van der Waals surface area (Å²) < 4.78 is 13.3. The molecule has 244 valence electrons. The Morgan fingerprint density at radius 3 is 2.42 bits per heavy atom. The average Bonchev–Trinajstić information content (AvgIpc) is 3.37. The Morgan fingerprint density at radius 2 is 1.82 bits per heavy atom. The second-order valence-electron chi connectivity index (χ2n) is 15.1. The standard InChI is InChI=1S/C36H52N4O4Si/c1-25-18-30(19-26(2)40(25)35(42)44-36(3,4)5)28-14-15-29(32(20-28)27-12-10-9-11-13-27)21-33(41)34-38-31(22-37)23-39(34)24-43-16-17-45(6,7)8/h12,14-15,20,23,25-26,30H,9-11,13,16-19,21,24H2,1-8H3/t25-,26-/m0/s1. The van der Waals surface area contributed by atoms with Crippen molar-refractivity contribution in [2.24, 2.45) is 0 Å². The normalized spacial score (nSPS) is 20.8. The third kappa shape index (κ3) is 9.40. The van der Waals surface area contributed by atoms with Gasteiger partial charge in [-0.3, -0.25) is 4.79 Å². The quantitative estimate of drug-likeness (QED) is 0.148. The fourth-order valence-corrected chi connectivity index (χ4v) is 7.25. The lowest BCUT2D eigenvalue weighted by Gasteiger charge is -2.43. The molecule has 1 aliphatic carbocycles. The predicted octanol–water partition coefficient (Wildman–Crippen LogP) is 8.34. The van der Waals surface area contributed by atoms with Gasteiger partial charge in [-0.15, -0.1) is 0 Å². The van der Waals surface area contributed by atoms with Gasteiger partial charge in [0.2, 0.25) is 5.78 Å². The summed E-state index contributed by atoms with van der Waals surface area (Å²) in [4.78, 5) is 33.0. The Balaban J connectivity index is 1.56. The molecule has 0 unspecified atom stereocenters. The van der Waals surface area contributed by atoms with Crippen LogP contribution in [0.5, 0.6) is 0 Å². The van der Waals surface area contributed by atoms with Crippen LogP contribution < -0.4 is 0 Å². The van der Waals surface area contributed by atoms with Crippen LogP contribution in [-0.4, -0.2) is 58.7 Å². The van der Waals surface area contributed by atoms with Crippen LogP contribution in [0.1, 0.15) is 112 Å². The molecule has 2 heterocycles. The molecule has 0 spiro atoms. The van der Waals surface area contributed by atoms with Gasteiger partial charge in [0.05, 0.1) is 0 Å². The van der Waals surface area contributed by atoms with Gasteiger partial charge in [-0.05, 0) is 107 Å². The first-order chi connectivity index (χ1) is 21.1. The minimum absolute atomic E-state index is 0.0494. The summed E-state index contributed by atoms with van der Waals surface area (Å²) in [5.74, 6) is 0.444. The predicted molar refractivity (Wildman–Crippen MR) is 181 cm³/mol. The number of nitriles is 1. The number of amides is 1. The van der Waals surface area contributed by atoms with E-state index in [1.165, 1.54) is 17.6 Å². The fourth-order valence-electron chi connectivity index (χ4n) is 6.50. The summed E-state index contributed by atoms with van der Waals surface area (Å²) in [6.45, 7) is 17.7. The summed E-state index contributed by atoms with van der Waals surface area (Å²) in [5.41, 5.74) is 4.36. The highest BCUT2D eigenvalue weighted by Gasteiger charge is 2.37. The summed E-state index contributed by atoms with van der Waals surface area (Å²) in [7, 11) is -1.25. The van der Waals surface area contributed by atoms with Crippen molar-refractivity contribution in [2.45, 2.75) is 136 Å². The van der Waals surface area contributed by atoms with Crippen molar-refractivity contribution in [3.8, 4) is 6.07 Å². The second kappa shape index (κ2) is 14.5. The third-order valence-electron chi connectivity index (χ3n) is 8.77. The van der Waals surface area contributed by atoms with E-state index in [1.54, 1.807) is 10.8 Å². The van der Waals surface area contributed by atoms with E-state index in [4.69, 9.17) is 9.47 Å². The molecule has 1 aromatic heterocycles. The molecule has 8 nitrogen and oxygen atoms in total. The molecule has 1 amide bonds. The highest BCUT2D eigenvalue weighted by atomic mass is 28.3. The van der Waals surface area contributed by atoms with Gasteiger partial charge in [0, 0.05) is 39.4 Å². The van der Waals surface area contributed by atoms with Crippen molar-refractivity contribution in [2.75, 3.05) is 6.61 Å². The molecule has 2 atom stereocenters. The molecular formula is C36H52N4O4Si. The molecule has 0 saturated carbocycles. The van der Waals surface area contributed by atoms with E-state index in [1.807, 2.05) is 25.7 Å². The largest absolute Gasteiger partial charge is 0.444 e. The molecule has 9 heteroatoms. The van der Waals surface area contributed by atoms with E-state index in [0.29, 0.717) is 12.5 Å². The summed E-state index contributed by atoms with van der Waals surface area (Å²) in [6, 6.07) is 9.77. The van der Waals surface area contributed by atoms with Gasteiger partial charge in [-0.1, -0.05) is 43.9 Å². The topological polar surface area (TPSA) is 97.5 Å². The van der Waals surface area contributed by atoms with Crippen LogP contribution >= 0.6 is 0 Å². The highest BCUT2D eigenvalue weighted by Crippen LogP contribution is 2.39. The molecule has 4 rings (SSSR count). The van der Waals surface area contributed by atoms with Gasteiger partial charge in [-0.25, -0.2) is 9.78 Å². The maximum atomic E-state index is 13.8. The number of ketones is 1. The van der Waals surface area contributed by atoms with Crippen LogP contribution in [0.25, 0.3) is 5.57 Å². The molecule has 0 N–H and O–H groups in total. The van der Waals surface area contributed by atoms with Gasteiger partial charge in [-0.2, -0.15) is 5.26 Å². The molecule has 1 aromatic carbocycles. The number of rotatable bonds is 10. The van der Waals surface area contributed by atoms with Gasteiger partial charge in [0.1, 0.15) is 18.4 Å². The first-order valence-electron chi connectivity index (χ1n) is 16.6. The van der Waals surface area contributed by atoms with Crippen molar-refractivity contribution < 1.29 is 19.1 Å². The SMILES string of the molecule is C[C@H]1CC(c2ccc(CC(=O)c3nc(C#N)cn3COCC[Si](C)(C)C)c(C3=CCCCC3)c2)C[C@H](C)N1C(=O)OC(C)(C)C. The number of hydrogen-bond acceptors (Lipinski definition) is 6. The number of piperidine rings is 1. The molecule has 0 radical (unpaired) electrons. The number of benzene rings is 1. The molecule has 1 saturated heterocycles. The number of aromatic nitrogens is 2. The average molecular weight is 633 g/mol. The molecule has 45 heavy (non-hydrogen) atoms. The number of likely N-dealkylation sites (tertiary alicyclic amines) is 1. The number of carbonyl (C=O) groups is 2. The van der Waals surface area contributed by atoms with E-state index in [2.05, 4.69) is 68.8 Å². The van der Waals surface area contributed by atoms with Crippen molar-refractivity contribution in [3.05, 3.63) is 58.7 Å². The number of carbonyl (C=O) groups excluding carboxylic acids is 2. The maximum absolute atomic E-state index is 13.8. The molecule has 1 fully saturated rings. The minimum Gasteiger partial charge on any atom is -0.444 e. The minimum atomic E-state index is -1.25. The zero-order chi connectivity index (χ0) is 32.9. The number of nitrogens with zero attached hydrogens (tertiary/aromatic N) is 4. The summed E-state index contributed by atoms with van der Waals surface area (Å²) in [5, 5.41) is 9.52. The van der Waals surface area contributed by atoms with E-state index in [0.717, 1.165) is 49.3 Å². The fraction of sp³-hybridized carbons (Fsp3) is 0.611. The monoisotopic (exact) mass is 632 g/mol.